The number of para-hydroxylation sites is 1. The Morgan fingerprint density at radius 3 is 2.55 bits per heavy atom. The molecule has 2 aliphatic rings. The van der Waals surface area contributed by atoms with Gasteiger partial charge in [-0.3, -0.25) is 19.5 Å². The number of carbonyl (C=O) groups excluding carboxylic acids is 2. The van der Waals surface area contributed by atoms with E-state index >= 15 is 0 Å². The summed E-state index contributed by atoms with van der Waals surface area (Å²) in [5, 5.41) is 2.73. The molecule has 10 nitrogen and oxygen atoms in total. The Kier molecular flexibility index (Phi) is 8.20. The van der Waals surface area contributed by atoms with Crippen molar-refractivity contribution in [2.45, 2.75) is 25.4 Å². The summed E-state index contributed by atoms with van der Waals surface area (Å²) in [4.78, 5) is 34.1. The second-order valence-electron chi connectivity index (χ2n) is 10.7. The number of ether oxygens (including phenoxy) is 2. The van der Waals surface area contributed by atoms with Gasteiger partial charge in [0.2, 0.25) is 0 Å². The van der Waals surface area contributed by atoms with Gasteiger partial charge < -0.3 is 19.7 Å². The number of nitrogens with one attached hydrogen (secondary N) is 1. The molecule has 0 radical (unpaired) electrons. The van der Waals surface area contributed by atoms with Crippen molar-refractivity contribution in [1.29, 1.82) is 0 Å². The number of pyridine rings is 1. The van der Waals surface area contributed by atoms with Crippen LogP contribution in [0.4, 0.5) is 5.69 Å². The second kappa shape index (κ2) is 11.8. The predicted octanol–water partition coefficient (Wildman–Crippen LogP) is 2.89. The summed E-state index contributed by atoms with van der Waals surface area (Å²) in [7, 11) is -1.36. The van der Waals surface area contributed by atoms with Crippen molar-refractivity contribution in [3.8, 4) is 29.1 Å². The van der Waals surface area contributed by atoms with Crippen molar-refractivity contribution in [3.05, 3.63) is 78.1 Å². The van der Waals surface area contributed by atoms with Crippen LogP contribution in [0, 0.1) is 11.8 Å². The lowest BCUT2D eigenvalue weighted by Gasteiger charge is -2.37. The van der Waals surface area contributed by atoms with Gasteiger partial charge in [0, 0.05) is 38.0 Å². The summed E-state index contributed by atoms with van der Waals surface area (Å²) in [5.74, 6) is 7.35. The van der Waals surface area contributed by atoms with Crippen molar-refractivity contribution in [2.24, 2.45) is 0 Å². The minimum Gasteiger partial charge on any atom is -0.489 e. The summed E-state index contributed by atoms with van der Waals surface area (Å²) in [6.07, 6.45) is 1.47. The van der Waals surface area contributed by atoms with E-state index in [9.17, 15) is 18.0 Å². The van der Waals surface area contributed by atoms with Gasteiger partial charge in [-0.15, -0.1) is 0 Å². The zero-order valence-electron chi connectivity index (χ0n) is 23.7. The van der Waals surface area contributed by atoms with Crippen molar-refractivity contribution < 1.29 is 27.5 Å². The summed E-state index contributed by atoms with van der Waals surface area (Å²) in [6.45, 7) is 4.74. The Balaban J connectivity index is 1.27. The topological polar surface area (TPSA) is 118 Å². The molecule has 2 amide bonds. The highest BCUT2D eigenvalue weighted by atomic mass is 32.2. The van der Waals surface area contributed by atoms with Crippen LogP contribution in [0.25, 0.3) is 0 Å². The monoisotopic (exact) mass is 588 g/mol. The van der Waals surface area contributed by atoms with E-state index in [1.54, 1.807) is 37.4 Å². The average Bonchev–Trinajstić information content (AvgIpc) is 3.08. The molecule has 2 aliphatic heterocycles. The number of amides is 2. The Morgan fingerprint density at radius 1 is 1.07 bits per heavy atom. The fourth-order valence-corrected chi connectivity index (χ4v) is 5.91. The minimum atomic E-state index is -2.99. The molecule has 218 valence electrons. The summed E-state index contributed by atoms with van der Waals surface area (Å²) >= 11 is 0. The van der Waals surface area contributed by atoms with Gasteiger partial charge in [0.05, 0.1) is 22.7 Å². The molecule has 3 heterocycles. The average molecular weight is 589 g/mol. The molecule has 0 spiro atoms. The molecule has 5 rings (SSSR count). The van der Waals surface area contributed by atoms with Crippen molar-refractivity contribution >= 4 is 27.3 Å². The van der Waals surface area contributed by atoms with Crippen LogP contribution in [0.1, 0.15) is 29.9 Å². The maximum Gasteiger partial charge on any atom is 0.270 e. The Hall–Kier alpha value is -4.40. The standard InChI is InChI=1S/C31H32N4O6S/c1-31(2,35-15-17-42(38,39)18-16-35)13-11-22-9-10-28-27(19-22)34(3)30(37)26(21-40-28)33-29(36)25-20-24(12-14-32-25)41-23-7-5-4-6-8-23/h4-10,12,14,19-20,26H,15-18,21H2,1-3H3,(H,33,36). The zero-order valence-corrected chi connectivity index (χ0v) is 24.5. The van der Waals surface area contributed by atoms with E-state index in [0.29, 0.717) is 41.6 Å². The quantitative estimate of drug-likeness (QED) is 0.452. The molecule has 11 heteroatoms. The highest BCUT2D eigenvalue weighted by Crippen LogP contribution is 2.32. The number of hydrogen-bond acceptors (Lipinski definition) is 8. The number of carbonyl (C=O) groups is 2. The number of rotatable bonds is 5. The Bertz CT molecular complexity index is 1650. The molecule has 1 N–H and O–H groups in total. The number of nitrogens with zero attached hydrogens (tertiary/aromatic N) is 3. The normalized spacial score (nSPS) is 18.5. The molecule has 3 aromatic rings. The lowest BCUT2D eigenvalue weighted by atomic mass is 10.0. The third-order valence-corrected chi connectivity index (χ3v) is 8.86. The van der Waals surface area contributed by atoms with Gasteiger partial charge in [0.15, 0.2) is 9.84 Å². The molecular formula is C31H32N4O6S. The Morgan fingerprint density at radius 2 is 1.81 bits per heavy atom. The first kappa shape index (κ1) is 29.1. The van der Waals surface area contributed by atoms with Gasteiger partial charge in [-0.1, -0.05) is 30.0 Å². The maximum absolute atomic E-state index is 13.4. The van der Waals surface area contributed by atoms with Gasteiger partial charge in [-0.25, -0.2) is 8.42 Å². The van der Waals surface area contributed by atoms with E-state index < -0.39 is 27.3 Å². The number of hydrogen-bond donors (Lipinski definition) is 1. The van der Waals surface area contributed by atoms with E-state index in [1.807, 2.05) is 38.1 Å². The third-order valence-electron chi connectivity index (χ3n) is 7.25. The molecule has 1 atom stereocenters. The number of anilines is 1. The van der Waals surface area contributed by atoms with Gasteiger partial charge in [0.25, 0.3) is 11.8 Å². The fourth-order valence-electron chi connectivity index (χ4n) is 4.71. The van der Waals surface area contributed by atoms with Crippen molar-refractivity contribution in [2.75, 3.05) is 43.1 Å². The van der Waals surface area contributed by atoms with E-state index in [0.717, 1.165) is 0 Å². The van der Waals surface area contributed by atoms with Crippen LogP contribution in [0.2, 0.25) is 0 Å². The van der Waals surface area contributed by atoms with Gasteiger partial charge in [-0.05, 0) is 50.2 Å². The van der Waals surface area contributed by atoms with E-state index in [-0.39, 0.29) is 29.7 Å². The summed E-state index contributed by atoms with van der Waals surface area (Å²) in [6, 6.07) is 16.7. The molecule has 1 unspecified atom stereocenters. The molecular weight excluding hydrogens is 556 g/mol. The molecule has 0 bridgehead atoms. The molecule has 2 aromatic carbocycles. The number of aromatic nitrogens is 1. The SMILES string of the molecule is CN1C(=O)C(NC(=O)c2cc(Oc3ccccc3)ccn2)COc2ccc(C#CC(C)(C)N3CCS(=O)(=O)CC3)cc21. The summed E-state index contributed by atoms with van der Waals surface area (Å²) < 4.78 is 35.3. The van der Waals surface area contributed by atoms with Gasteiger partial charge >= 0.3 is 0 Å². The molecule has 1 aromatic heterocycles. The largest absolute Gasteiger partial charge is 0.489 e. The van der Waals surface area contributed by atoms with Crippen LogP contribution in [-0.4, -0.2) is 79.9 Å². The van der Waals surface area contributed by atoms with E-state index in [1.165, 1.54) is 17.2 Å². The smallest absolute Gasteiger partial charge is 0.270 e. The molecule has 0 saturated carbocycles. The molecule has 42 heavy (non-hydrogen) atoms. The van der Waals surface area contributed by atoms with Crippen LogP contribution >= 0.6 is 0 Å². The van der Waals surface area contributed by atoms with E-state index in [2.05, 4.69) is 27.0 Å². The van der Waals surface area contributed by atoms with Gasteiger partial charge in [-0.2, -0.15) is 0 Å². The highest BCUT2D eigenvalue weighted by Gasteiger charge is 2.32. The number of sulfone groups is 1. The Labute approximate surface area is 245 Å². The van der Waals surface area contributed by atoms with Crippen LogP contribution in [0.3, 0.4) is 0 Å². The van der Waals surface area contributed by atoms with Crippen LogP contribution in [-0.2, 0) is 14.6 Å². The minimum absolute atomic E-state index is 0.0575. The number of benzene rings is 2. The van der Waals surface area contributed by atoms with E-state index in [4.69, 9.17) is 9.47 Å². The van der Waals surface area contributed by atoms with Crippen LogP contribution < -0.4 is 19.7 Å². The first-order chi connectivity index (χ1) is 20.0. The predicted molar refractivity (Wildman–Crippen MR) is 159 cm³/mol. The van der Waals surface area contributed by atoms with Crippen molar-refractivity contribution in [1.82, 2.24) is 15.2 Å². The molecule has 1 saturated heterocycles. The lowest BCUT2D eigenvalue weighted by Crippen LogP contribution is -2.50. The summed E-state index contributed by atoms with van der Waals surface area (Å²) in [5.41, 5.74) is 0.777. The van der Waals surface area contributed by atoms with Crippen LogP contribution in [0.5, 0.6) is 17.2 Å². The number of likely N-dealkylation sites (N-methyl/N-ethyl adjacent to an activating group) is 1. The first-order valence-electron chi connectivity index (χ1n) is 13.5. The fraction of sp³-hybridized carbons (Fsp3) is 0.323. The molecule has 1 fully saturated rings. The van der Waals surface area contributed by atoms with Crippen LogP contribution in [0.15, 0.2) is 66.9 Å². The second-order valence-corrected chi connectivity index (χ2v) is 13.0. The lowest BCUT2D eigenvalue weighted by molar-refractivity contribution is -0.120. The first-order valence-corrected chi connectivity index (χ1v) is 15.4. The van der Waals surface area contributed by atoms with Crippen molar-refractivity contribution in [3.63, 3.8) is 0 Å². The zero-order chi connectivity index (χ0) is 29.9. The maximum atomic E-state index is 13.4. The molecule has 0 aliphatic carbocycles. The number of fused-ring (bicyclic) bond motifs is 1. The third kappa shape index (κ3) is 6.73. The highest BCUT2D eigenvalue weighted by molar-refractivity contribution is 7.91. The van der Waals surface area contributed by atoms with Gasteiger partial charge in [0.1, 0.15) is 35.6 Å².